The van der Waals surface area contributed by atoms with Gasteiger partial charge in [-0.05, 0) is 12.8 Å². The molecule has 0 aliphatic heterocycles. The average Bonchev–Trinajstić information content (AvgIpc) is 2.36. The Morgan fingerprint density at radius 1 is 0.647 bits per heavy atom. The molecule has 0 saturated heterocycles. The maximum absolute atomic E-state index is 5.16. The van der Waals surface area contributed by atoms with Crippen LogP contribution in [0.1, 0.15) is 77.6 Å². The summed E-state index contributed by atoms with van der Waals surface area (Å²) in [6.45, 7) is 2.27. The summed E-state index contributed by atoms with van der Waals surface area (Å²) >= 11 is 0. The summed E-state index contributed by atoms with van der Waals surface area (Å²) in [5.74, 6) is 0. The molecular weight excluding hydrogens is 212 g/mol. The van der Waals surface area contributed by atoms with Crippen molar-refractivity contribution in [3.8, 4) is 0 Å². The van der Waals surface area contributed by atoms with E-state index in [-0.39, 0.29) is 6.29 Å². The highest BCUT2D eigenvalue weighted by atomic mass is 16.7. The number of hydrogen-bond acceptors (Lipinski definition) is 2. The van der Waals surface area contributed by atoms with Crippen molar-refractivity contribution < 1.29 is 9.47 Å². The van der Waals surface area contributed by atoms with Crippen molar-refractivity contribution in [3.63, 3.8) is 0 Å². The van der Waals surface area contributed by atoms with E-state index in [0.29, 0.717) is 0 Å². The van der Waals surface area contributed by atoms with E-state index < -0.39 is 0 Å². The molecule has 17 heavy (non-hydrogen) atoms. The molecule has 0 heterocycles. The van der Waals surface area contributed by atoms with Gasteiger partial charge in [0.05, 0.1) is 0 Å². The summed E-state index contributed by atoms with van der Waals surface area (Å²) in [7, 11) is 3.43. The van der Waals surface area contributed by atoms with Gasteiger partial charge in [-0.3, -0.25) is 0 Å². The molecule has 2 nitrogen and oxygen atoms in total. The summed E-state index contributed by atoms with van der Waals surface area (Å²) in [6.07, 6.45) is 14.8. The maximum Gasteiger partial charge on any atom is 0.156 e. The van der Waals surface area contributed by atoms with E-state index in [0.717, 1.165) is 6.42 Å². The van der Waals surface area contributed by atoms with Crippen LogP contribution in [0.15, 0.2) is 0 Å². The van der Waals surface area contributed by atoms with Crippen molar-refractivity contribution in [2.75, 3.05) is 14.2 Å². The Balaban J connectivity index is 3.03. The molecule has 0 aliphatic carbocycles. The Kier molecular flexibility index (Phi) is 13.9. The first-order valence-electron chi connectivity index (χ1n) is 7.40. The van der Waals surface area contributed by atoms with Crippen molar-refractivity contribution >= 4 is 0 Å². The lowest BCUT2D eigenvalue weighted by Crippen LogP contribution is -2.12. The van der Waals surface area contributed by atoms with Crippen LogP contribution in [-0.4, -0.2) is 20.5 Å². The molecule has 0 fully saturated rings. The fourth-order valence-electron chi connectivity index (χ4n) is 2.13. The molecule has 0 aromatic rings. The van der Waals surface area contributed by atoms with Crippen LogP contribution in [0.4, 0.5) is 0 Å². The highest BCUT2D eigenvalue weighted by Crippen LogP contribution is 2.12. The highest BCUT2D eigenvalue weighted by molar-refractivity contribution is 4.49. The lowest BCUT2D eigenvalue weighted by Gasteiger charge is -2.12. The van der Waals surface area contributed by atoms with E-state index in [2.05, 4.69) is 6.92 Å². The summed E-state index contributed by atoms with van der Waals surface area (Å²) in [6, 6.07) is 0. The molecule has 0 N–H and O–H groups in total. The molecule has 0 spiro atoms. The van der Waals surface area contributed by atoms with Crippen LogP contribution in [0.5, 0.6) is 0 Å². The maximum atomic E-state index is 5.16. The molecule has 0 aliphatic rings. The average molecular weight is 244 g/mol. The van der Waals surface area contributed by atoms with Crippen LogP contribution in [0.2, 0.25) is 0 Å². The SMILES string of the molecule is CCCCCCCCCCCCC(OC)OC. The second-order valence-electron chi connectivity index (χ2n) is 4.87. The third kappa shape index (κ3) is 12.2. The van der Waals surface area contributed by atoms with Gasteiger partial charge < -0.3 is 9.47 Å². The second kappa shape index (κ2) is 14.0. The first-order valence-corrected chi connectivity index (χ1v) is 7.40. The van der Waals surface area contributed by atoms with Gasteiger partial charge in [0, 0.05) is 14.2 Å². The molecule has 0 unspecified atom stereocenters. The first-order chi connectivity index (χ1) is 8.35. The summed E-state index contributed by atoms with van der Waals surface area (Å²) in [5, 5.41) is 0. The van der Waals surface area contributed by atoms with E-state index in [4.69, 9.17) is 9.47 Å². The molecule has 0 amide bonds. The largest absolute Gasteiger partial charge is 0.356 e. The van der Waals surface area contributed by atoms with Crippen molar-refractivity contribution in [3.05, 3.63) is 0 Å². The van der Waals surface area contributed by atoms with Gasteiger partial charge in [0.25, 0.3) is 0 Å². The summed E-state index contributed by atoms with van der Waals surface area (Å²) in [5.41, 5.74) is 0. The van der Waals surface area contributed by atoms with E-state index in [9.17, 15) is 0 Å². The fraction of sp³-hybridized carbons (Fsp3) is 1.00. The molecule has 0 bridgehead atoms. The van der Waals surface area contributed by atoms with Crippen molar-refractivity contribution in [1.82, 2.24) is 0 Å². The van der Waals surface area contributed by atoms with Crippen molar-refractivity contribution in [1.29, 1.82) is 0 Å². The van der Waals surface area contributed by atoms with Crippen LogP contribution in [0, 0.1) is 0 Å². The minimum Gasteiger partial charge on any atom is -0.356 e. The molecule has 0 aromatic carbocycles. The van der Waals surface area contributed by atoms with E-state index in [1.807, 2.05) is 0 Å². The monoisotopic (exact) mass is 244 g/mol. The molecule has 0 atom stereocenters. The smallest absolute Gasteiger partial charge is 0.156 e. The predicted molar refractivity (Wildman–Crippen MR) is 74.3 cm³/mol. The Morgan fingerprint density at radius 2 is 1.06 bits per heavy atom. The molecule has 0 aromatic heterocycles. The van der Waals surface area contributed by atoms with Crippen molar-refractivity contribution in [2.45, 2.75) is 83.8 Å². The molecule has 0 radical (unpaired) electrons. The van der Waals surface area contributed by atoms with Crippen molar-refractivity contribution in [2.24, 2.45) is 0 Å². The zero-order chi connectivity index (χ0) is 12.8. The zero-order valence-electron chi connectivity index (χ0n) is 12.2. The first kappa shape index (κ1) is 16.9. The van der Waals surface area contributed by atoms with Crippen LogP contribution >= 0.6 is 0 Å². The van der Waals surface area contributed by atoms with E-state index >= 15 is 0 Å². The standard InChI is InChI=1S/C15H32O2/c1-4-5-6-7-8-9-10-11-12-13-14-15(16-2)17-3/h15H,4-14H2,1-3H3. The topological polar surface area (TPSA) is 18.5 Å². The number of methoxy groups -OCH3 is 2. The van der Waals surface area contributed by atoms with Gasteiger partial charge in [-0.2, -0.15) is 0 Å². The Labute approximate surface area is 108 Å². The molecule has 104 valence electrons. The van der Waals surface area contributed by atoms with E-state index in [1.165, 1.54) is 64.2 Å². The third-order valence-corrected chi connectivity index (χ3v) is 3.32. The summed E-state index contributed by atoms with van der Waals surface area (Å²) < 4.78 is 10.3. The zero-order valence-corrected chi connectivity index (χ0v) is 12.2. The van der Waals surface area contributed by atoms with Crippen LogP contribution in [0.25, 0.3) is 0 Å². The second-order valence-corrected chi connectivity index (χ2v) is 4.87. The van der Waals surface area contributed by atoms with Gasteiger partial charge in [-0.25, -0.2) is 0 Å². The Hall–Kier alpha value is -0.0800. The lowest BCUT2D eigenvalue weighted by atomic mass is 10.1. The molecular formula is C15H32O2. The quantitative estimate of drug-likeness (QED) is 0.338. The van der Waals surface area contributed by atoms with Crippen LogP contribution < -0.4 is 0 Å². The number of rotatable bonds is 13. The fourth-order valence-corrected chi connectivity index (χ4v) is 2.13. The van der Waals surface area contributed by atoms with Gasteiger partial charge in [0.1, 0.15) is 0 Å². The number of unbranched alkanes of at least 4 members (excludes halogenated alkanes) is 9. The minimum atomic E-state index is 0.00374. The van der Waals surface area contributed by atoms with Gasteiger partial charge in [-0.1, -0.05) is 64.7 Å². The molecule has 2 heteroatoms. The normalized spacial score (nSPS) is 11.3. The van der Waals surface area contributed by atoms with Gasteiger partial charge >= 0.3 is 0 Å². The van der Waals surface area contributed by atoms with Gasteiger partial charge in [0.15, 0.2) is 6.29 Å². The lowest BCUT2D eigenvalue weighted by molar-refractivity contribution is -0.107. The minimum absolute atomic E-state index is 0.00374. The van der Waals surface area contributed by atoms with Crippen LogP contribution in [-0.2, 0) is 9.47 Å². The van der Waals surface area contributed by atoms with Crippen LogP contribution in [0.3, 0.4) is 0 Å². The molecule has 0 saturated carbocycles. The highest BCUT2D eigenvalue weighted by Gasteiger charge is 2.03. The third-order valence-electron chi connectivity index (χ3n) is 3.32. The number of ether oxygens (including phenoxy) is 2. The Morgan fingerprint density at radius 3 is 1.47 bits per heavy atom. The number of hydrogen-bond donors (Lipinski definition) is 0. The van der Waals surface area contributed by atoms with Gasteiger partial charge in [0.2, 0.25) is 0 Å². The predicted octanol–water partition coefficient (Wildman–Crippen LogP) is 4.92. The Bertz CT molecular complexity index is 133. The molecule has 0 rings (SSSR count). The van der Waals surface area contributed by atoms with E-state index in [1.54, 1.807) is 14.2 Å². The summed E-state index contributed by atoms with van der Waals surface area (Å²) in [4.78, 5) is 0. The van der Waals surface area contributed by atoms with Gasteiger partial charge in [-0.15, -0.1) is 0 Å².